The molecule has 0 aromatic heterocycles. The summed E-state index contributed by atoms with van der Waals surface area (Å²) in [5.74, 6) is -0.103. The number of ether oxygens (including phenoxy) is 1. The Morgan fingerprint density at radius 3 is 2.68 bits per heavy atom. The van der Waals surface area contributed by atoms with Crippen molar-refractivity contribution in [3.05, 3.63) is 40.0 Å². The van der Waals surface area contributed by atoms with Gasteiger partial charge in [0.1, 0.15) is 5.69 Å². The second-order valence-corrected chi connectivity index (χ2v) is 5.21. The summed E-state index contributed by atoms with van der Waals surface area (Å²) in [4.78, 5) is 21.9. The first-order valence-electron chi connectivity index (χ1n) is 7.20. The van der Waals surface area contributed by atoms with E-state index in [0.29, 0.717) is 17.2 Å². The number of methoxy groups -OCH3 is 1. The molecule has 2 unspecified atom stereocenters. The zero-order valence-electron chi connectivity index (χ0n) is 13.3. The molecule has 0 saturated heterocycles. The lowest BCUT2D eigenvalue weighted by atomic mass is 10.0. The van der Waals surface area contributed by atoms with Gasteiger partial charge in [0.05, 0.1) is 12.0 Å². The number of hydrogen-bond donors (Lipinski definition) is 1. The fourth-order valence-electron chi connectivity index (χ4n) is 1.90. The van der Waals surface area contributed by atoms with Crippen molar-refractivity contribution in [3.63, 3.8) is 0 Å². The van der Waals surface area contributed by atoms with Crippen LogP contribution >= 0.6 is 0 Å². The molecule has 0 aliphatic rings. The summed E-state index contributed by atoms with van der Waals surface area (Å²) in [6.07, 6.45) is 3.70. The van der Waals surface area contributed by atoms with Gasteiger partial charge in [0.25, 0.3) is 5.69 Å². The number of hydrogen-bond acceptors (Lipinski definition) is 5. The van der Waals surface area contributed by atoms with Gasteiger partial charge in [-0.2, -0.15) is 0 Å². The third-order valence-electron chi connectivity index (χ3n) is 3.71. The van der Waals surface area contributed by atoms with Gasteiger partial charge in [-0.05, 0) is 30.5 Å². The van der Waals surface area contributed by atoms with Crippen molar-refractivity contribution < 1.29 is 14.5 Å². The molecule has 120 valence electrons. The van der Waals surface area contributed by atoms with Gasteiger partial charge in [-0.1, -0.05) is 26.3 Å². The minimum Gasteiger partial charge on any atom is -0.466 e. The van der Waals surface area contributed by atoms with Crippen LogP contribution in [0.4, 0.5) is 11.4 Å². The van der Waals surface area contributed by atoms with Gasteiger partial charge in [-0.25, -0.2) is 4.79 Å². The van der Waals surface area contributed by atoms with Crippen LogP contribution in [0.3, 0.4) is 0 Å². The Labute approximate surface area is 130 Å². The highest BCUT2D eigenvalue weighted by Gasteiger charge is 2.18. The number of anilines is 1. The van der Waals surface area contributed by atoms with Crippen LogP contribution in [0.2, 0.25) is 0 Å². The summed E-state index contributed by atoms with van der Waals surface area (Å²) in [7, 11) is 1.28. The highest BCUT2D eigenvalue weighted by atomic mass is 16.6. The van der Waals surface area contributed by atoms with Crippen molar-refractivity contribution in [3.8, 4) is 0 Å². The van der Waals surface area contributed by atoms with Crippen molar-refractivity contribution >= 4 is 23.4 Å². The monoisotopic (exact) mass is 306 g/mol. The van der Waals surface area contributed by atoms with E-state index in [1.165, 1.54) is 25.3 Å². The van der Waals surface area contributed by atoms with Crippen molar-refractivity contribution in [1.82, 2.24) is 0 Å². The summed E-state index contributed by atoms with van der Waals surface area (Å²) >= 11 is 0. The van der Waals surface area contributed by atoms with E-state index in [-0.39, 0.29) is 11.7 Å². The highest BCUT2D eigenvalue weighted by molar-refractivity contribution is 5.87. The second kappa shape index (κ2) is 8.17. The highest BCUT2D eigenvalue weighted by Crippen LogP contribution is 2.28. The van der Waals surface area contributed by atoms with E-state index in [9.17, 15) is 14.9 Å². The predicted octanol–water partition coefficient (Wildman–Crippen LogP) is 3.63. The minimum absolute atomic E-state index is 0.0119. The summed E-state index contributed by atoms with van der Waals surface area (Å²) in [6, 6.07) is 4.94. The molecule has 6 nitrogen and oxygen atoms in total. The Bertz CT molecular complexity index is 569. The Hall–Kier alpha value is -2.37. The number of carbonyl (C=O) groups excluding carboxylic acids is 1. The number of nitrogens with zero attached hydrogens (tertiary/aromatic N) is 1. The molecule has 22 heavy (non-hydrogen) atoms. The van der Waals surface area contributed by atoms with Crippen molar-refractivity contribution in [2.75, 3.05) is 12.4 Å². The van der Waals surface area contributed by atoms with Gasteiger partial charge in [0, 0.05) is 18.2 Å². The van der Waals surface area contributed by atoms with Crippen molar-refractivity contribution in [1.29, 1.82) is 0 Å². The molecular formula is C16H22N2O4. The SMILES string of the molecule is CCC(C)C(C)Nc1ccc(/C=C/C(=O)OC)cc1[N+](=O)[O-]. The van der Waals surface area contributed by atoms with Gasteiger partial charge in [-0.3, -0.25) is 10.1 Å². The average molecular weight is 306 g/mol. The van der Waals surface area contributed by atoms with Crippen molar-refractivity contribution in [2.45, 2.75) is 33.2 Å². The normalized spacial score (nSPS) is 13.6. The molecule has 1 aromatic rings. The van der Waals surface area contributed by atoms with Gasteiger partial charge in [-0.15, -0.1) is 0 Å². The van der Waals surface area contributed by atoms with Crippen LogP contribution < -0.4 is 5.32 Å². The fraction of sp³-hybridized carbons (Fsp3) is 0.438. The van der Waals surface area contributed by atoms with Crippen LogP contribution in [0.25, 0.3) is 6.08 Å². The molecule has 1 aromatic carbocycles. The number of nitro benzene ring substituents is 1. The summed E-state index contributed by atoms with van der Waals surface area (Å²) in [6.45, 7) is 6.18. The van der Waals surface area contributed by atoms with Crippen LogP contribution in [0.5, 0.6) is 0 Å². The van der Waals surface area contributed by atoms with E-state index in [4.69, 9.17) is 0 Å². The van der Waals surface area contributed by atoms with Gasteiger partial charge in [0.2, 0.25) is 0 Å². The molecule has 0 aliphatic carbocycles. The molecule has 0 saturated carbocycles. The molecule has 0 aliphatic heterocycles. The molecule has 6 heteroatoms. The van der Waals surface area contributed by atoms with Crippen LogP contribution in [-0.4, -0.2) is 24.0 Å². The Morgan fingerprint density at radius 2 is 2.14 bits per heavy atom. The summed E-state index contributed by atoms with van der Waals surface area (Å²) in [5.41, 5.74) is 1.04. The number of benzene rings is 1. The maximum absolute atomic E-state index is 11.2. The number of nitrogens with one attached hydrogen (secondary N) is 1. The average Bonchev–Trinajstić information content (AvgIpc) is 2.52. The van der Waals surface area contributed by atoms with Gasteiger partial charge in [0.15, 0.2) is 0 Å². The zero-order chi connectivity index (χ0) is 16.7. The van der Waals surface area contributed by atoms with Crippen LogP contribution in [0, 0.1) is 16.0 Å². The maximum Gasteiger partial charge on any atom is 0.330 e. The first-order valence-corrected chi connectivity index (χ1v) is 7.20. The quantitative estimate of drug-likeness (QED) is 0.360. The topological polar surface area (TPSA) is 81.5 Å². The molecule has 0 spiro atoms. The first-order chi connectivity index (χ1) is 10.4. The molecule has 0 bridgehead atoms. The summed E-state index contributed by atoms with van der Waals surface area (Å²) in [5, 5.41) is 14.4. The van der Waals surface area contributed by atoms with E-state index < -0.39 is 10.9 Å². The lowest BCUT2D eigenvalue weighted by Gasteiger charge is -2.21. The smallest absolute Gasteiger partial charge is 0.330 e. The van der Waals surface area contributed by atoms with Gasteiger partial charge < -0.3 is 10.1 Å². The van der Waals surface area contributed by atoms with Crippen LogP contribution in [-0.2, 0) is 9.53 Å². The Balaban J connectivity index is 3.03. The van der Waals surface area contributed by atoms with Crippen LogP contribution in [0.15, 0.2) is 24.3 Å². The third kappa shape index (κ3) is 4.87. The number of nitro groups is 1. The molecule has 0 heterocycles. The van der Waals surface area contributed by atoms with E-state index in [1.807, 2.05) is 6.92 Å². The minimum atomic E-state index is -0.504. The molecule has 0 radical (unpaired) electrons. The van der Waals surface area contributed by atoms with E-state index in [0.717, 1.165) is 6.42 Å². The zero-order valence-corrected chi connectivity index (χ0v) is 13.3. The number of rotatable bonds is 7. The predicted molar refractivity (Wildman–Crippen MR) is 86.7 cm³/mol. The molecule has 2 atom stereocenters. The van der Waals surface area contributed by atoms with E-state index in [2.05, 4.69) is 23.9 Å². The van der Waals surface area contributed by atoms with E-state index in [1.54, 1.807) is 12.1 Å². The fourth-order valence-corrected chi connectivity index (χ4v) is 1.90. The Kier molecular flexibility index (Phi) is 6.56. The van der Waals surface area contributed by atoms with E-state index >= 15 is 0 Å². The van der Waals surface area contributed by atoms with Crippen LogP contribution in [0.1, 0.15) is 32.8 Å². The molecule has 0 fully saturated rings. The summed E-state index contributed by atoms with van der Waals surface area (Å²) < 4.78 is 4.49. The molecule has 0 amide bonds. The first kappa shape index (κ1) is 17.7. The maximum atomic E-state index is 11.2. The second-order valence-electron chi connectivity index (χ2n) is 5.21. The lowest BCUT2D eigenvalue weighted by Crippen LogP contribution is -2.23. The standard InChI is InChI=1S/C16H22N2O4/c1-5-11(2)12(3)17-14-8-6-13(7-9-16(19)22-4)10-15(14)18(20)21/h6-12,17H,5H2,1-4H3/b9-7+. The molecular weight excluding hydrogens is 284 g/mol. The van der Waals surface area contributed by atoms with Gasteiger partial charge >= 0.3 is 5.97 Å². The number of esters is 1. The van der Waals surface area contributed by atoms with Crippen molar-refractivity contribution in [2.24, 2.45) is 5.92 Å². The largest absolute Gasteiger partial charge is 0.466 e. The third-order valence-corrected chi connectivity index (χ3v) is 3.71. The lowest BCUT2D eigenvalue weighted by molar-refractivity contribution is -0.384. The molecule has 1 rings (SSSR count). The molecule has 1 N–H and O–H groups in total. The Morgan fingerprint density at radius 1 is 1.45 bits per heavy atom. The number of carbonyl (C=O) groups is 1.